The lowest BCUT2D eigenvalue weighted by Gasteiger charge is -2.12. The lowest BCUT2D eigenvalue weighted by Crippen LogP contribution is -2.31. The number of benzene rings is 1. The van der Waals surface area contributed by atoms with Crippen LogP contribution in [-0.2, 0) is 24.3 Å². The van der Waals surface area contributed by atoms with Crippen molar-refractivity contribution in [2.45, 2.75) is 38.7 Å². The van der Waals surface area contributed by atoms with E-state index in [1.165, 1.54) is 32.9 Å². The first-order valence-electron chi connectivity index (χ1n) is 6.19. The molecule has 0 unspecified atom stereocenters. The molecule has 1 rings (SSSR count). The molecule has 0 N–H and O–H groups in total. The van der Waals surface area contributed by atoms with Crippen molar-refractivity contribution in [3.8, 4) is 0 Å². The number of carbonyl (C=O) groups is 2. The van der Waals surface area contributed by atoms with Gasteiger partial charge in [-0.15, -0.1) is 4.40 Å². The van der Waals surface area contributed by atoms with E-state index in [1.54, 1.807) is 12.1 Å². The zero-order valence-corrected chi connectivity index (χ0v) is 13.1. The Balaban J connectivity index is 3.02. The van der Waals surface area contributed by atoms with Crippen molar-refractivity contribution in [3.63, 3.8) is 0 Å². The van der Waals surface area contributed by atoms with Gasteiger partial charge in [-0.05, 0) is 32.9 Å². The third-order valence-electron chi connectivity index (χ3n) is 2.59. The van der Waals surface area contributed by atoms with E-state index in [4.69, 9.17) is 4.74 Å². The number of sulfonamides is 1. The molecular weight excluding hydrogens is 294 g/mol. The first-order valence-corrected chi connectivity index (χ1v) is 7.63. The molecule has 0 aromatic heterocycles. The van der Waals surface area contributed by atoms with Crippen molar-refractivity contribution in [1.29, 1.82) is 0 Å². The Labute approximate surface area is 123 Å². The van der Waals surface area contributed by atoms with Gasteiger partial charge < -0.3 is 4.74 Å². The molecule has 7 heteroatoms. The number of ether oxygens (including phenoxy) is 1. The second kappa shape index (κ2) is 6.62. The zero-order valence-electron chi connectivity index (χ0n) is 12.3. The van der Waals surface area contributed by atoms with Crippen molar-refractivity contribution in [2.24, 2.45) is 4.40 Å². The molecule has 0 saturated carbocycles. The molecule has 0 atom stereocenters. The number of carbonyl (C=O) groups excluding carboxylic acids is 2. The number of Topliss-reactive ketones (excluding diaryl/α,β-unsaturated/α-hetero) is 2. The maximum absolute atomic E-state index is 12.0. The Morgan fingerprint density at radius 1 is 1.05 bits per heavy atom. The van der Waals surface area contributed by atoms with E-state index in [9.17, 15) is 18.0 Å². The third-order valence-corrected chi connectivity index (χ3v) is 3.96. The fourth-order valence-corrected chi connectivity index (χ4v) is 2.54. The highest BCUT2D eigenvalue weighted by atomic mass is 32.2. The highest BCUT2D eigenvalue weighted by Gasteiger charge is 2.23. The van der Waals surface area contributed by atoms with E-state index in [0.717, 1.165) is 5.56 Å². The average Bonchev–Trinajstić information content (AvgIpc) is 2.35. The van der Waals surface area contributed by atoms with Gasteiger partial charge in [-0.1, -0.05) is 17.7 Å². The van der Waals surface area contributed by atoms with E-state index in [1.807, 2.05) is 6.92 Å². The van der Waals surface area contributed by atoms with Crippen LogP contribution in [0.15, 0.2) is 33.6 Å². The van der Waals surface area contributed by atoms with Gasteiger partial charge in [0.15, 0.2) is 17.5 Å². The summed E-state index contributed by atoms with van der Waals surface area (Å²) < 4.78 is 32.6. The summed E-state index contributed by atoms with van der Waals surface area (Å²) in [5, 5.41) is 0. The van der Waals surface area contributed by atoms with E-state index in [0.29, 0.717) is 0 Å². The average molecular weight is 311 g/mol. The maximum Gasteiger partial charge on any atom is 0.285 e. The van der Waals surface area contributed by atoms with Gasteiger partial charge in [-0.25, -0.2) is 0 Å². The van der Waals surface area contributed by atoms with Gasteiger partial charge in [0.2, 0.25) is 6.10 Å². The van der Waals surface area contributed by atoms with Gasteiger partial charge in [0, 0.05) is 6.92 Å². The fraction of sp³-hybridized carbons (Fsp3) is 0.357. The predicted molar refractivity (Wildman–Crippen MR) is 77.7 cm³/mol. The normalized spacial score (nSPS) is 12.3. The molecule has 0 bridgehead atoms. The summed E-state index contributed by atoms with van der Waals surface area (Å²) in [7, 11) is -3.93. The second-order valence-electron chi connectivity index (χ2n) is 4.62. The van der Waals surface area contributed by atoms with Crippen LogP contribution in [0.1, 0.15) is 26.3 Å². The smallest absolute Gasteiger partial charge is 0.285 e. The number of ketones is 2. The lowest BCUT2D eigenvalue weighted by atomic mass is 10.2. The zero-order chi connectivity index (χ0) is 16.2. The van der Waals surface area contributed by atoms with Crippen LogP contribution in [-0.4, -0.2) is 32.0 Å². The molecule has 0 spiro atoms. The van der Waals surface area contributed by atoms with Gasteiger partial charge in [0.25, 0.3) is 10.0 Å². The predicted octanol–water partition coefficient (Wildman–Crippen LogP) is 1.67. The number of nitrogens with zero attached hydrogens (tertiary/aromatic N) is 1. The standard InChI is InChI=1S/C14H17NO5S/c1-9-5-7-13(8-6-9)21(18,19)15-12(4)20-14(10(2)16)11(3)17/h5-8,14H,1-4H3. The van der Waals surface area contributed by atoms with Crippen LogP contribution in [0.4, 0.5) is 0 Å². The van der Waals surface area contributed by atoms with Crippen LogP contribution in [0.2, 0.25) is 0 Å². The molecule has 1 aromatic carbocycles. The minimum absolute atomic E-state index is 0.0123. The quantitative estimate of drug-likeness (QED) is 0.469. The summed E-state index contributed by atoms with van der Waals surface area (Å²) in [4.78, 5) is 22.5. The summed E-state index contributed by atoms with van der Waals surface area (Å²) in [6, 6.07) is 6.14. The van der Waals surface area contributed by atoms with Crippen molar-refractivity contribution < 1.29 is 22.7 Å². The van der Waals surface area contributed by atoms with E-state index < -0.39 is 27.7 Å². The minimum Gasteiger partial charge on any atom is -0.461 e. The molecule has 0 amide bonds. The van der Waals surface area contributed by atoms with Crippen molar-refractivity contribution in [2.75, 3.05) is 0 Å². The molecule has 0 radical (unpaired) electrons. The van der Waals surface area contributed by atoms with Crippen LogP contribution >= 0.6 is 0 Å². The number of aryl methyl sites for hydroxylation is 1. The summed E-state index contributed by atoms with van der Waals surface area (Å²) in [6.07, 6.45) is -1.33. The number of hydrogen-bond acceptors (Lipinski definition) is 5. The number of rotatable bonds is 5. The lowest BCUT2D eigenvalue weighted by molar-refractivity contribution is -0.134. The molecule has 1 aromatic rings. The van der Waals surface area contributed by atoms with Crippen molar-refractivity contribution in [3.05, 3.63) is 29.8 Å². The molecule has 114 valence electrons. The molecular formula is C14H17NO5S. The first kappa shape index (κ1) is 17.0. The summed E-state index contributed by atoms with van der Waals surface area (Å²) in [5.41, 5.74) is 0.916. The number of hydrogen-bond donors (Lipinski definition) is 0. The third kappa shape index (κ3) is 4.78. The maximum atomic E-state index is 12.0. The van der Waals surface area contributed by atoms with Crippen LogP contribution in [0, 0.1) is 6.92 Å². The second-order valence-corrected chi connectivity index (χ2v) is 6.22. The molecule has 0 aliphatic carbocycles. The van der Waals surface area contributed by atoms with E-state index in [-0.39, 0.29) is 10.8 Å². The topological polar surface area (TPSA) is 89.9 Å². The molecule has 0 saturated heterocycles. The van der Waals surface area contributed by atoms with Gasteiger partial charge in [0.05, 0.1) is 4.90 Å². The Bertz CT molecular complexity index is 660. The Morgan fingerprint density at radius 3 is 1.95 bits per heavy atom. The van der Waals surface area contributed by atoms with Crippen LogP contribution in [0.3, 0.4) is 0 Å². The fourth-order valence-electron chi connectivity index (χ4n) is 1.58. The van der Waals surface area contributed by atoms with Gasteiger partial charge in [-0.3, -0.25) is 9.59 Å². The van der Waals surface area contributed by atoms with E-state index in [2.05, 4.69) is 4.40 Å². The minimum atomic E-state index is -3.93. The molecule has 0 aliphatic heterocycles. The molecule has 0 fully saturated rings. The summed E-state index contributed by atoms with van der Waals surface area (Å²) in [5.74, 6) is -1.28. The molecule has 6 nitrogen and oxygen atoms in total. The summed E-state index contributed by atoms with van der Waals surface area (Å²) >= 11 is 0. The van der Waals surface area contributed by atoms with Crippen LogP contribution in [0.5, 0.6) is 0 Å². The monoisotopic (exact) mass is 311 g/mol. The molecule has 0 aliphatic rings. The van der Waals surface area contributed by atoms with Gasteiger partial charge >= 0.3 is 0 Å². The highest BCUT2D eigenvalue weighted by Crippen LogP contribution is 2.14. The van der Waals surface area contributed by atoms with Crippen molar-refractivity contribution in [1.82, 2.24) is 0 Å². The molecule has 0 heterocycles. The SMILES string of the molecule is CC(=O)C(OC(C)=NS(=O)(=O)c1ccc(C)cc1)C(C)=O. The van der Waals surface area contributed by atoms with Crippen LogP contribution in [0.25, 0.3) is 0 Å². The van der Waals surface area contributed by atoms with Gasteiger partial charge in [-0.2, -0.15) is 8.42 Å². The largest absolute Gasteiger partial charge is 0.461 e. The Morgan fingerprint density at radius 2 is 1.52 bits per heavy atom. The Kier molecular flexibility index (Phi) is 5.37. The van der Waals surface area contributed by atoms with Gasteiger partial charge in [0.1, 0.15) is 0 Å². The summed E-state index contributed by atoms with van der Waals surface area (Å²) in [6.45, 7) is 5.49. The first-order chi connectivity index (χ1) is 9.63. The van der Waals surface area contributed by atoms with E-state index >= 15 is 0 Å². The Hall–Kier alpha value is -2.02. The van der Waals surface area contributed by atoms with Crippen LogP contribution < -0.4 is 0 Å². The van der Waals surface area contributed by atoms with Crippen molar-refractivity contribution >= 4 is 27.5 Å². The highest BCUT2D eigenvalue weighted by molar-refractivity contribution is 7.90. The molecule has 21 heavy (non-hydrogen) atoms.